The Morgan fingerprint density at radius 1 is 1.42 bits per heavy atom. The predicted molar refractivity (Wildman–Crippen MR) is 95.4 cm³/mol. The highest BCUT2D eigenvalue weighted by atomic mass is 16.5. The smallest absolute Gasteiger partial charge is 0.241 e. The second kappa shape index (κ2) is 6.05. The van der Waals surface area contributed by atoms with Crippen molar-refractivity contribution >= 4 is 11.6 Å². The number of ether oxygens (including phenoxy) is 1. The molecule has 5 heteroatoms. The molecule has 0 radical (unpaired) electrons. The standard InChI is InChI=1S/C19H29N3O2/c1-4-24-16-11-19(21,18(16,2)3)17(23)22-15-7-5-6-12-10-13(20)8-9-14(12)15/h8-10,15-16H,4-7,11,20-21H2,1-3H3,(H,22,23). The number of hydrogen-bond donors (Lipinski definition) is 3. The molecule has 24 heavy (non-hydrogen) atoms. The van der Waals surface area contributed by atoms with Gasteiger partial charge in [-0.1, -0.05) is 19.9 Å². The van der Waals surface area contributed by atoms with Crippen molar-refractivity contribution in [3.8, 4) is 0 Å². The molecule has 2 aliphatic rings. The molecule has 0 bridgehead atoms. The Kier molecular flexibility index (Phi) is 4.34. The summed E-state index contributed by atoms with van der Waals surface area (Å²) >= 11 is 0. The molecule has 0 heterocycles. The van der Waals surface area contributed by atoms with Gasteiger partial charge in [0.25, 0.3) is 0 Å². The monoisotopic (exact) mass is 331 g/mol. The van der Waals surface area contributed by atoms with E-state index in [1.165, 1.54) is 11.1 Å². The zero-order chi connectivity index (χ0) is 17.5. The van der Waals surface area contributed by atoms with Crippen LogP contribution in [0.2, 0.25) is 0 Å². The van der Waals surface area contributed by atoms with Crippen LogP contribution in [0.4, 0.5) is 5.69 Å². The van der Waals surface area contributed by atoms with Crippen molar-refractivity contribution < 1.29 is 9.53 Å². The fraction of sp³-hybridized carbons (Fsp3) is 0.632. The van der Waals surface area contributed by atoms with E-state index in [0.29, 0.717) is 13.0 Å². The quantitative estimate of drug-likeness (QED) is 0.738. The Morgan fingerprint density at radius 3 is 2.83 bits per heavy atom. The Bertz CT molecular complexity index is 643. The number of nitrogens with one attached hydrogen (secondary N) is 1. The summed E-state index contributed by atoms with van der Waals surface area (Å²) in [4.78, 5) is 12.9. The first-order chi connectivity index (χ1) is 11.3. The van der Waals surface area contributed by atoms with E-state index in [2.05, 4.69) is 5.32 Å². The van der Waals surface area contributed by atoms with Crippen molar-refractivity contribution in [1.82, 2.24) is 5.32 Å². The van der Waals surface area contributed by atoms with Gasteiger partial charge in [0.2, 0.25) is 5.91 Å². The number of anilines is 1. The molecule has 2 aliphatic carbocycles. The molecule has 5 nitrogen and oxygen atoms in total. The fourth-order valence-electron chi connectivity index (χ4n) is 4.09. The number of rotatable bonds is 4. The Hall–Kier alpha value is -1.59. The third-order valence-corrected chi connectivity index (χ3v) is 6.02. The SMILES string of the molecule is CCOC1CC(N)(C(=O)NC2CCCc3cc(N)ccc32)C1(C)C. The van der Waals surface area contributed by atoms with Crippen molar-refractivity contribution in [1.29, 1.82) is 0 Å². The van der Waals surface area contributed by atoms with Crippen LogP contribution in [0.5, 0.6) is 0 Å². The largest absolute Gasteiger partial charge is 0.399 e. The van der Waals surface area contributed by atoms with Crippen molar-refractivity contribution in [3.05, 3.63) is 29.3 Å². The van der Waals surface area contributed by atoms with E-state index >= 15 is 0 Å². The maximum Gasteiger partial charge on any atom is 0.241 e. The molecule has 3 rings (SSSR count). The summed E-state index contributed by atoms with van der Waals surface area (Å²) in [5.41, 5.74) is 14.3. The maximum atomic E-state index is 12.9. The van der Waals surface area contributed by atoms with Gasteiger partial charge in [0.15, 0.2) is 0 Å². The number of amides is 1. The lowest BCUT2D eigenvalue weighted by Crippen LogP contribution is -2.75. The lowest BCUT2D eigenvalue weighted by atomic mass is 9.54. The predicted octanol–water partition coefficient (Wildman–Crippen LogP) is 2.29. The van der Waals surface area contributed by atoms with Gasteiger partial charge < -0.3 is 21.5 Å². The molecular formula is C19H29N3O2. The first-order valence-electron chi connectivity index (χ1n) is 8.89. The molecule has 0 aliphatic heterocycles. The van der Waals surface area contributed by atoms with Crippen molar-refractivity contribution in [3.63, 3.8) is 0 Å². The van der Waals surface area contributed by atoms with Gasteiger partial charge in [0.1, 0.15) is 5.54 Å². The molecule has 132 valence electrons. The molecule has 1 saturated carbocycles. The number of benzene rings is 1. The molecular weight excluding hydrogens is 302 g/mol. The minimum atomic E-state index is -0.877. The minimum absolute atomic E-state index is 0.0178. The maximum absolute atomic E-state index is 12.9. The highest BCUT2D eigenvalue weighted by Gasteiger charge is 2.63. The van der Waals surface area contributed by atoms with Crippen LogP contribution in [-0.2, 0) is 16.0 Å². The average Bonchev–Trinajstić information content (AvgIpc) is 2.54. The zero-order valence-electron chi connectivity index (χ0n) is 14.9. The zero-order valence-corrected chi connectivity index (χ0v) is 14.9. The van der Waals surface area contributed by atoms with Gasteiger partial charge in [-0.15, -0.1) is 0 Å². The summed E-state index contributed by atoms with van der Waals surface area (Å²) in [6, 6.07) is 5.97. The summed E-state index contributed by atoms with van der Waals surface area (Å²) in [5, 5.41) is 3.19. The van der Waals surface area contributed by atoms with E-state index in [1.54, 1.807) is 0 Å². The van der Waals surface area contributed by atoms with E-state index in [0.717, 1.165) is 24.9 Å². The first-order valence-corrected chi connectivity index (χ1v) is 8.89. The van der Waals surface area contributed by atoms with Crippen LogP contribution in [0.15, 0.2) is 18.2 Å². The van der Waals surface area contributed by atoms with E-state index < -0.39 is 5.54 Å². The number of aryl methyl sites for hydroxylation is 1. The van der Waals surface area contributed by atoms with Crippen LogP contribution in [0.1, 0.15) is 57.2 Å². The van der Waals surface area contributed by atoms with Crippen LogP contribution in [0.25, 0.3) is 0 Å². The number of nitrogen functional groups attached to an aromatic ring is 1. The van der Waals surface area contributed by atoms with Gasteiger partial charge in [-0.25, -0.2) is 0 Å². The molecule has 1 aromatic rings. The van der Waals surface area contributed by atoms with E-state index in [4.69, 9.17) is 16.2 Å². The van der Waals surface area contributed by atoms with Gasteiger partial charge in [-0.3, -0.25) is 4.79 Å². The average molecular weight is 331 g/mol. The Morgan fingerprint density at radius 2 is 2.17 bits per heavy atom. The highest BCUT2D eigenvalue weighted by molar-refractivity contribution is 5.89. The summed E-state index contributed by atoms with van der Waals surface area (Å²) in [6.45, 7) is 6.65. The van der Waals surface area contributed by atoms with Gasteiger partial charge >= 0.3 is 0 Å². The van der Waals surface area contributed by atoms with Crippen LogP contribution in [0, 0.1) is 5.41 Å². The number of nitrogens with two attached hydrogens (primary N) is 2. The fourth-order valence-corrected chi connectivity index (χ4v) is 4.09. The second-order valence-corrected chi connectivity index (χ2v) is 7.72. The molecule has 1 aromatic carbocycles. The first kappa shape index (κ1) is 17.2. The number of hydrogen-bond acceptors (Lipinski definition) is 4. The van der Waals surface area contributed by atoms with Crippen molar-refractivity contribution in [2.24, 2.45) is 11.1 Å². The molecule has 0 aromatic heterocycles. The number of carbonyl (C=O) groups is 1. The molecule has 0 spiro atoms. The van der Waals surface area contributed by atoms with E-state index in [1.807, 2.05) is 39.0 Å². The van der Waals surface area contributed by atoms with Crippen molar-refractivity contribution in [2.75, 3.05) is 12.3 Å². The molecule has 3 atom stereocenters. The summed E-state index contributed by atoms with van der Waals surface area (Å²) in [5.74, 6) is -0.0712. The molecule has 0 saturated heterocycles. The van der Waals surface area contributed by atoms with Crippen LogP contribution in [-0.4, -0.2) is 24.2 Å². The number of fused-ring (bicyclic) bond motifs is 1. The van der Waals surface area contributed by atoms with Gasteiger partial charge in [0, 0.05) is 24.1 Å². The molecule has 5 N–H and O–H groups in total. The summed E-state index contributed by atoms with van der Waals surface area (Å²) < 4.78 is 5.72. The van der Waals surface area contributed by atoms with Crippen LogP contribution in [0.3, 0.4) is 0 Å². The topological polar surface area (TPSA) is 90.4 Å². The summed E-state index contributed by atoms with van der Waals surface area (Å²) in [6.07, 6.45) is 3.61. The highest BCUT2D eigenvalue weighted by Crippen LogP contribution is 2.50. The number of carbonyl (C=O) groups excluding carboxylic acids is 1. The third-order valence-electron chi connectivity index (χ3n) is 6.02. The van der Waals surface area contributed by atoms with Crippen LogP contribution >= 0.6 is 0 Å². The van der Waals surface area contributed by atoms with E-state index in [-0.39, 0.29) is 23.5 Å². The molecule has 1 amide bonds. The normalized spacial score (nSPS) is 31.0. The van der Waals surface area contributed by atoms with Gasteiger partial charge in [-0.05, 0) is 49.4 Å². The second-order valence-electron chi connectivity index (χ2n) is 7.72. The molecule has 1 fully saturated rings. The summed E-state index contributed by atoms with van der Waals surface area (Å²) in [7, 11) is 0. The Labute approximate surface area is 144 Å². The molecule has 3 unspecified atom stereocenters. The Balaban J connectivity index is 1.75. The van der Waals surface area contributed by atoms with Gasteiger partial charge in [0.05, 0.1) is 12.1 Å². The van der Waals surface area contributed by atoms with Gasteiger partial charge in [-0.2, -0.15) is 0 Å². The lowest BCUT2D eigenvalue weighted by molar-refractivity contribution is -0.171. The van der Waals surface area contributed by atoms with Crippen molar-refractivity contribution in [2.45, 2.75) is 64.1 Å². The minimum Gasteiger partial charge on any atom is -0.399 e. The lowest BCUT2D eigenvalue weighted by Gasteiger charge is -2.57. The van der Waals surface area contributed by atoms with Crippen LogP contribution < -0.4 is 16.8 Å². The van der Waals surface area contributed by atoms with E-state index in [9.17, 15) is 4.79 Å². The third kappa shape index (κ3) is 2.60.